The van der Waals surface area contributed by atoms with E-state index in [0.29, 0.717) is 12.2 Å². The third kappa shape index (κ3) is 1.59. The molecule has 2 heterocycles. The maximum atomic E-state index is 11.1. The first-order valence-corrected chi connectivity index (χ1v) is 6.12. The van der Waals surface area contributed by atoms with Crippen molar-refractivity contribution in [3.63, 3.8) is 0 Å². The van der Waals surface area contributed by atoms with Gasteiger partial charge in [0.2, 0.25) is 0 Å². The molecule has 3 heteroatoms. The van der Waals surface area contributed by atoms with Gasteiger partial charge in [-0.3, -0.25) is 4.79 Å². The summed E-state index contributed by atoms with van der Waals surface area (Å²) in [5, 5.41) is 0.969. The molecule has 0 spiro atoms. The van der Waals surface area contributed by atoms with Crippen molar-refractivity contribution in [3.8, 4) is 0 Å². The molecule has 0 amide bonds. The standard InChI is InChI=1S/C15H15NO2/c1-15(8-4-5-9-18-15)16-10-12(11-17)13-6-2-3-7-14(13)16/h2-4,6-8,10-11H,5,9H2,1H3/t15-/m0/s1. The van der Waals surface area contributed by atoms with E-state index in [4.69, 9.17) is 4.74 Å². The van der Waals surface area contributed by atoms with Crippen molar-refractivity contribution in [1.29, 1.82) is 0 Å². The molecular weight excluding hydrogens is 226 g/mol. The van der Waals surface area contributed by atoms with Crippen LogP contribution in [0.25, 0.3) is 10.9 Å². The number of aromatic nitrogens is 1. The van der Waals surface area contributed by atoms with Crippen LogP contribution in [0.3, 0.4) is 0 Å². The van der Waals surface area contributed by atoms with Crippen molar-refractivity contribution in [2.75, 3.05) is 6.61 Å². The van der Waals surface area contributed by atoms with Gasteiger partial charge >= 0.3 is 0 Å². The van der Waals surface area contributed by atoms with Crippen LogP contribution in [0.5, 0.6) is 0 Å². The van der Waals surface area contributed by atoms with Gasteiger partial charge in [-0.25, -0.2) is 0 Å². The van der Waals surface area contributed by atoms with E-state index in [9.17, 15) is 4.79 Å². The van der Waals surface area contributed by atoms with Crippen LogP contribution >= 0.6 is 0 Å². The number of para-hydroxylation sites is 1. The largest absolute Gasteiger partial charge is 0.352 e. The highest BCUT2D eigenvalue weighted by Crippen LogP contribution is 2.30. The van der Waals surface area contributed by atoms with Gasteiger partial charge in [-0.2, -0.15) is 0 Å². The molecular formula is C15H15NO2. The highest BCUT2D eigenvalue weighted by molar-refractivity contribution is 5.97. The van der Waals surface area contributed by atoms with Crippen LogP contribution in [0.1, 0.15) is 23.7 Å². The van der Waals surface area contributed by atoms with Gasteiger partial charge in [0.1, 0.15) is 0 Å². The number of hydrogen-bond acceptors (Lipinski definition) is 2. The molecule has 1 aromatic heterocycles. The lowest BCUT2D eigenvalue weighted by Gasteiger charge is -2.32. The minimum atomic E-state index is -0.501. The Kier molecular flexibility index (Phi) is 2.56. The lowest BCUT2D eigenvalue weighted by Crippen LogP contribution is -2.32. The van der Waals surface area contributed by atoms with Crippen molar-refractivity contribution in [2.24, 2.45) is 0 Å². The molecule has 0 radical (unpaired) electrons. The van der Waals surface area contributed by atoms with Gasteiger partial charge in [-0.05, 0) is 25.5 Å². The zero-order chi connectivity index (χ0) is 12.6. The number of carbonyl (C=O) groups excluding carboxylic acids is 1. The quantitative estimate of drug-likeness (QED) is 0.597. The predicted octanol–water partition coefficient (Wildman–Crippen LogP) is 3.10. The second-order valence-electron chi connectivity index (χ2n) is 4.68. The van der Waals surface area contributed by atoms with E-state index < -0.39 is 5.72 Å². The van der Waals surface area contributed by atoms with Crippen LogP contribution in [0.4, 0.5) is 0 Å². The van der Waals surface area contributed by atoms with E-state index >= 15 is 0 Å². The first-order chi connectivity index (χ1) is 8.74. The number of aldehydes is 1. The van der Waals surface area contributed by atoms with Gasteiger partial charge in [0.25, 0.3) is 0 Å². The van der Waals surface area contributed by atoms with Crippen molar-refractivity contribution in [1.82, 2.24) is 4.57 Å². The Bertz CT molecular complexity index is 626. The molecule has 0 aliphatic carbocycles. The van der Waals surface area contributed by atoms with E-state index in [-0.39, 0.29) is 0 Å². The van der Waals surface area contributed by atoms with Crippen LogP contribution in [0, 0.1) is 0 Å². The number of fused-ring (bicyclic) bond motifs is 1. The van der Waals surface area contributed by atoms with Crippen LogP contribution < -0.4 is 0 Å². The second-order valence-corrected chi connectivity index (χ2v) is 4.68. The van der Waals surface area contributed by atoms with Gasteiger partial charge in [0.15, 0.2) is 12.0 Å². The van der Waals surface area contributed by atoms with Gasteiger partial charge in [0.05, 0.1) is 12.1 Å². The molecule has 0 unspecified atom stereocenters. The molecule has 0 bridgehead atoms. The summed E-state index contributed by atoms with van der Waals surface area (Å²) < 4.78 is 7.91. The summed E-state index contributed by atoms with van der Waals surface area (Å²) in [4.78, 5) is 11.1. The summed E-state index contributed by atoms with van der Waals surface area (Å²) >= 11 is 0. The first kappa shape index (κ1) is 11.2. The molecule has 92 valence electrons. The molecule has 1 aliphatic heterocycles. The fraction of sp³-hybridized carbons (Fsp3) is 0.267. The third-order valence-electron chi connectivity index (χ3n) is 3.45. The Hall–Kier alpha value is -1.87. The number of benzene rings is 1. The molecule has 1 aromatic carbocycles. The molecule has 0 fully saturated rings. The molecule has 3 nitrogen and oxygen atoms in total. The maximum Gasteiger partial charge on any atom is 0.161 e. The Labute approximate surface area is 106 Å². The summed E-state index contributed by atoms with van der Waals surface area (Å²) in [5.74, 6) is 0. The highest BCUT2D eigenvalue weighted by atomic mass is 16.5. The topological polar surface area (TPSA) is 31.2 Å². The van der Waals surface area contributed by atoms with E-state index in [1.165, 1.54) is 0 Å². The van der Waals surface area contributed by atoms with Gasteiger partial charge in [-0.15, -0.1) is 0 Å². The van der Waals surface area contributed by atoms with Gasteiger partial charge in [0, 0.05) is 17.1 Å². The molecule has 0 saturated carbocycles. The number of hydrogen-bond donors (Lipinski definition) is 0. The first-order valence-electron chi connectivity index (χ1n) is 6.12. The van der Waals surface area contributed by atoms with Crippen molar-refractivity contribution in [3.05, 3.63) is 48.2 Å². The van der Waals surface area contributed by atoms with Crippen LogP contribution in [0.2, 0.25) is 0 Å². The predicted molar refractivity (Wildman–Crippen MR) is 70.7 cm³/mol. The van der Waals surface area contributed by atoms with Gasteiger partial charge < -0.3 is 9.30 Å². The van der Waals surface area contributed by atoms with Crippen LogP contribution in [-0.4, -0.2) is 17.5 Å². The van der Waals surface area contributed by atoms with Crippen molar-refractivity contribution in [2.45, 2.75) is 19.1 Å². The van der Waals surface area contributed by atoms with E-state index in [0.717, 1.165) is 23.6 Å². The Morgan fingerprint density at radius 1 is 1.39 bits per heavy atom. The Morgan fingerprint density at radius 2 is 2.22 bits per heavy atom. The lowest BCUT2D eigenvalue weighted by molar-refractivity contribution is -0.0557. The molecule has 1 aliphatic rings. The summed E-state index contributed by atoms with van der Waals surface area (Å²) in [6.07, 6.45) is 7.88. The molecule has 18 heavy (non-hydrogen) atoms. The number of rotatable bonds is 2. The summed E-state index contributed by atoms with van der Waals surface area (Å²) in [5.41, 5.74) is 1.22. The second kappa shape index (κ2) is 4.10. The third-order valence-corrected chi connectivity index (χ3v) is 3.45. The molecule has 2 aromatic rings. The lowest BCUT2D eigenvalue weighted by atomic mass is 10.1. The van der Waals surface area contributed by atoms with Crippen LogP contribution in [0.15, 0.2) is 42.6 Å². The average Bonchev–Trinajstić information content (AvgIpc) is 2.79. The number of ether oxygens (including phenoxy) is 1. The molecule has 0 N–H and O–H groups in total. The Balaban J connectivity index is 2.26. The van der Waals surface area contributed by atoms with E-state index in [2.05, 4.69) is 12.2 Å². The van der Waals surface area contributed by atoms with E-state index in [1.807, 2.05) is 42.0 Å². The monoisotopic (exact) mass is 241 g/mol. The minimum Gasteiger partial charge on any atom is -0.352 e. The molecule has 3 rings (SSSR count). The Morgan fingerprint density at radius 3 is 2.94 bits per heavy atom. The average molecular weight is 241 g/mol. The fourth-order valence-electron chi connectivity index (χ4n) is 2.50. The minimum absolute atomic E-state index is 0.501. The summed E-state index contributed by atoms with van der Waals surface area (Å²) in [7, 11) is 0. The zero-order valence-electron chi connectivity index (χ0n) is 10.3. The zero-order valence-corrected chi connectivity index (χ0v) is 10.3. The van der Waals surface area contributed by atoms with Crippen molar-refractivity contribution >= 4 is 17.2 Å². The maximum absolute atomic E-state index is 11.1. The summed E-state index contributed by atoms with van der Waals surface area (Å²) in [6, 6.07) is 7.90. The fourth-order valence-corrected chi connectivity index (χ4v) is 2.50. The summed E-state index contributed by atoms with van der Waals surface area (Å²) in [6.45, 7) is 2.72. The van der Waals surface area contributed by atoms with Crippen LogP contribution in [-0.2, 0) is 10.5 Å². The van der Waals surface area contributed by atoms with Gasteiger partial charge in [-0.1, -0.05) is 24.3 Å². The molecule has 0 saturated heterocycles. The smallest absolute Gasteiger partial charge is 0.161 e. The van der Waals surface area contributed by atoms with Crippen molar-refractivity contribution < 1.29 is 9.53 Å². The molecule has 1 atom stereocenters. The number of nitrogens with zero attached hydrogens (tertiary/aromatic N) is 1. The SMILES string of the molecule is C[C@@]1(n2cc(C=O)c3ccccc32)C=CCCO1. The highest BCUT2D eigenvalue weighted by Gasteiger charge is 2.27. The number of carbonyl (C=O) groups is 1. The normalized spacial score (nSPS) is 23.4. The van der Waals surface area contributed by atoms with E-state index in [1.54, 1.807) is 0 Å².